The maximum absolute atomic E-state index is 13.1. The van der Waals surface area contributed by atoms with Crippen LogP contribution in [0.4, 0.5) is 5.69 Å². The van der Waals surface area contributed by atoms with Gasteiger partial charge in [-0.25, -0.2) is 5.01 Å². The second kappa shape index (κ2) is 6.82. The fourth-order valence-corrected chi connectivity index (χ4v) is 4.11. The topological polar surface area (TPSA) is 32.3 Å². The lowest BCUT2D eigenvalue weighted by atomic mass is 10.1. The van der Waals surface area contributed by atoms with Gasteiger partial charge in [0.1, 0.15) is 5.37 Å². The van der Waals surface area contributed by atoms with Crippen LogP contribution < -0.4 is 5.43 Å². The molecule has 1 amide bonds. The van der Waals surface area contributed by atoms with Crippen LogP contribution in [0.3, 0.4) is 0 Å². The average molecular weight is 367 g/mol. The minimum absolute atomic E-state index is 0.0434. The summed E-state index contributed by atoms with van der Waals surface area (Å²) in [5.74, 6) is -0.0434. The standard InChI is InChI=1S/C20H15ClN2OS/c21-15-12-10-14(11-13-15)20-23(22-16-6-2-1-3-7-16)19(24)17-8-4-5-9-18(17)25-20/h1-13,20,22H. The number of benzene rings is 3. The molecule has 0 spiro atoms. The van der Waals surface area contributed by atoms with E-state index < -0.39 is 0 Å². The molecular formula is C20H15ClN2OS. The van der Waals surface area contributed by atoms with E-state index in [0.717, 1.165) is 16.1 Å². The summed E-state index contributed by atoms with van der Waals surface area (Å²) in [7, 11) is 0. The lowest BCUT2D eigenvalue weighted by Crippen LogP contribution is -2.40. The van der Waals surface area contributed by atoms with Gasteiger partial charge in [0.15, 0.2) is 0 Å². The Morgan fingerprint density at radius 2 is 1.56 bits per heavy atom. The molecule has 4 rings (SSSR count). The second-order valence-corrected chi connectivity index (χ2v) is 7.23. The SMILES string of the molecule is O=C1c2ccccc2SC(c2ccc(Cl)cc2)N1Nc1ccccc1. The van der Waals surface area contributed by atoms with Crippen LogP contribution in [0.2, 0.25) is 5.02 Å². The third kappa shape index (κ3) is 3.23. The summed E-state index contributed by atoms with van der Waals surface area (Å²) in [6.45, 7) is 0. The highest BCUT2D eigenvalue weighted by molar-refractivity contribution is 7.99. The van der Waals surface area contributed by atoms with Crippen molar-refractivity contribution in [3.63, 3.8) is 0 Å². The lowest BCUT2D eigenvalue weighted by molar-refractivity contribution is 0.0768. The van der Waals surface area contributed by atoms with Gasteiger partial charge >= 0.3 is 0 Å². The average Bonchev–Trinajstić information content (AvgIpc) is 2.65. The number of anilines is 1. The van der Waals surface area contributed by atoms with Gasteiger partial charge in [-0.05, 0) is 42.0 Å². The maximum atomic E-state index is 13.1. The number of nitrogens with zero attached hydrogens (tertiary/aromatic N) is 1. The van der Waals surface area contributed by atoms with E-state index in [-0.39, 0.29) is 11.3 Å². The third-order valence-corrected chi connectivity index (χ3v) is 5.56. The van der Waals surface area contributed by atoms with Crippen LogP contribution in [0.5, 0.6) is 0 Å². The zero-order valence-electron chi connectivity index (χ0n) is 13.2. The van der Waals surface area contributed by atoms with Gasteiger partial charge in [-0.15, -0.1) is 0 Å². The van der Waals surface area contributed by atoms with Crippen molar-refractivity contribution in [2.75, 3.05) is 5.43 Å². The molecule has 1 aliphatic rings. The maximum Gasteiger partial charge on any atom is 0.274 e. The molecule has 124 valence electrons. The van der Waals surface area contributed by atoms with E-state index in [0.29, 0.717) is 10.6 Å². The molecule has 1 heterocycles. The molecule has 0 saturated carbocycles. The molecule has 1 atom stereocenters. The monoisotopic (exact) mass is 366 g/mol. The molecule has 3 aromatic carbocycles. The Hall–Kier alpha value is -2.43. The summed E-state index contributed by atoms with van der Waals surface area (Å²) < 4.78 is 0. The minimum Gasteiger partial charge on any atom is -0.294 e. The van der Waals surface area contributed by atoms with Crippen LogP contribution in [0.1, 0.15) is 21.3 Å². The lowest BCUT2D eigenvalue weighted by Gasteiger charge is -2.36. The number of rotatable bonds is 3. The first-order valence-electron chi connectivity index (χ1n) is 7.89. The summed E-state index contributed by atoms with van der Waals surface area (Å²) in [5.41, 5.74) is 5.86. The van der Waals surface area contributed by atoms with Gasteiger partial charge in [-0.3, -0.25) is 10.2 Å². The van der Waals surface area contributed by atoms with Crippen LogP contribution >= 0.6 is 23.4 Å². The molecule has 1 aliphatic heterocycles. The summed E-state index contributed by atoms with van der Waals surface area (Å²) in [5, 5.41) is 2.18. The van der Waals surface area contributed by atoms with Gasteiger partial charge in [0.05, 0.1) is 11.3 Å². The normalized spacial score (nSPS) is 16.4. The molecule has 3 aromatic rings. The Balaban J connectivity index is 1.75. The van der Waals surface area contributed by atoms with Crippen LogP contribution in [-0.2, 0) is 0 Å². The Kier molecular flexibility index (Phi) is 4.38. The van der Waals surface area contributed by atoms with E-state index in [1.165, 1.54) is 0 Å². The first-order chi connectivity index (χ1) is 12.2. The number of carbonyl (C=O) groups is 1. The van der Waals surface area contributed by atoms with Crippen molar-refractivity contribution < 1.29 is 4.79 Å². The first-order valence-corrected chi connectivity index (χ1v) is 9.14. The molecule has 25 heavy (non-hydrogen) atoms. The van der Waals surface area contributed by atoms with Crippen molar-refractivity contribution in [3.05, 3.63) is 95.0 Å². The summed E-state index contributed by atoms with van der Waals surface area (Å²) in [6.07, 6.45) is 0. The second-order valence-electron chi connectivity index (χ2n) is 5.67. The molecule has 0 aliphatic carbocycles. The van der Waals surface area contributed by atoms with E-state index in [1.54, 1.807) is 16.8 Å². The van der Waals surface area contributed by atoms with E-state index in [9.17, 15) is 4.79 Å². The Morgan fingerprint density at radius 1 is 0.880 bits per heavy atom. The number of nitrogens with one attached hydrogen (secondary N) is 1. The minimum atomic E-state index is -0.181. The van der Waals surface area contributed by atoms with E-state index in [2.05, 4.69) is 5.43 Å². The van der Waals surface area contributed by atoms with Gasteiger partial charge in [0.25, 0.3) is 5.91 Å². The molecule has 0 fully saturated rings. The summed E-state index contributed by atoms with van der Waals surface area (Å²) >= 11 is 7.67. The highest BCUT2D eigenvalue weighted by atomic mass is 35.5. The van der Waals surface area contributed by atoms with Crippen molar-refractivity contribution in [1.82, 2.24) is 5.01 Å². The van der Waals surface area contributed by atoms with E-state index >= 15 is 0 Å². The molecule has 0 aromatic heterocycles. The molecule has 0 radical (unpaired) electrons. The van der Waals surface area contributed by atoms with Crippen LogP contribution in [0.15, 0.2) is 83.8 Å². The zero-order chi connectivity index (χ0) is 17.2. The quantitative estimate of drug-likeness (QED) is 0.653. The van der Waals surface area contributed by atoms with Crippen molar-refractivity contribution in [2.45, 2.75) is 10.3 Å². The third-order valence-electron chi connectivity index (χ3n) is 3.99. The van der Waals surface area contributed by atoms with Crippen molar-refractivity contribution >= 4 is 35.0 Å². The molecular weight excluding hydrogens is 352 g/mol. The number of hydrogen-bond acceptors (Lipinski definition) is 3. The van der Waals surface area contributed by atoms with Crippen LogP contribution in [0, 0.1) is 0 Å². The molecule has 1 N–H and O–H groups in total. The van der Waals surface area contributed by atoms with Gasteiger partial charge in [0, 0.05) is 9.92 Å². The molecule has 0 bridgehead atoms. The number of carbonyl (C=O) groups excluding carboxylic acids is 1. The predicted molar refractivity (Wildman–Crippen MR) is 103 cm³/mol. The Bertz CT molecular complexity index is 899. The smallest absolute Gasteiger partial charge is 0.274 e. The first kappa shape index (κ1) is 16.1. The van der Waals surface area contributed by atoms with Gasteiger partial charge in [-0.2, -0.15) is 0 Å². The van der Waals surface area contributed by atoms with Crippen molar-refractivity contribution in [1.29, 1.82) is 0 Å². The number of amides is 1. The van der Waals surface area contributed by atoms with Gasteiger partial charge in [0.2, 0.25) is 0 Å². The van der Waals surface area contributed by atoms with E-state index in [4.69, 9.17) is 11.6 Å². The van der Waals surface area contributed by atoms with Crippen LogP contribution in [0.25, 0.3) is 0 Å². The van der Waals surface area contributed by atoms with Gasteiger partial charge < -0.3 is 0 Å². The number of thioether (sulfide) groups is 1. The number of hydrogen-bond donors (Lipinski definition) is 1. The number of hydrazine groups is 1. The number of fused-ring (bicyclic) bond motifs is 1. The van der Waals surface area contributed by atoms with Crippen LogP contribution in [-0.4, -0.2) is 10.9 Å². The number of para-hydroxylation sites is 1. The van der Waals surface area contributed by atoms with Crippen molar-refractivity contribution in [2.24, 2.45) is 0 Å². The largest absolute Gasteiger partial charge is 0.294 e. The summed E-state index contributed by atoms with van der Waals surface area (Å²) in [6, 6.07) is 25.0. The Morgan fingerprint density at radius 3 is 2.32 bits per heavy atom. The molecule has 0 saturated heterocycles. The van der Waals surface area contributed by atoms with Crippen molar-refractivity contribution in [3.8, 4) is 0 Å². The Labute approximate surface area is 155 Å². The number of halogens is 1. The summed E-state index contributed by atoms with van der Waals surface area (Å²) in [4.78, 5) is 14.1. The van der Waals surface area contributed by atoms with Gasteiger partial charge in [-0.1, -0.05) is 65.8 Å². The fraction of sp³-hybridized carbons (Fsp3) is 0.0500. The highest BCUT2D eigenvalue weighted by Crippen LogP contribution is 2.44. The molecule has 3 nitrogen and oxygen atoms in total. The van der Waals surface area contributed by atoms with E-state index in [1.807, 2.05) is 78.9 Å². The fourth-order valence-electron chi connectivity index (χ4n) is 2.76. The predicted octanol–water partition coefficient (Wildman–Crippen LogP) is 5.61. The zero-order valence-corrected chi connectivity index (χ0v) is 14.8. The molecule has 1 unspecified atom stereocenters. The molecule has 5 heteroatoms. The highest BCUT2D eigenvalue weighted by Gasteiger charge is 2.34.